The molecule has 136 valence electrons. The number of pyridine rings is 1. The molecule has 2 rings (SSSR count). The molecule has 0 fully saturated rings. The lowest BCUT2D eigenvalue weighted by molar-refractivity contribution is 0.629. The highest BCUT2D eigenvalue weighted by Crippen LogP contribution is 2.27. The van der Waals surface area contributed by atoms with Crippen molar-refractivity contribution in [3.63, 3.8) is 0 Å². The van der Waals surface area contributed by atoms with Crippen LogP contribution in [-0.2, 0) is 24.5 Å². The largest absolute Gasteiger partial charge is 0.337 e. The molecule has 25 heavy (non-hydrogen) atoms. The maximum Gasteiger partial charge on any atom is 0.254 e. The Morgan fingerprint density at radius 3 is 2.48 bits per heavy atom. The minimum absolute atomic E-state index is 0.106. The van der Waals surface area contributed by atoms with E-state index in [1.54, 1.807) is 26.1 Å². The molecule has 0 saturated heterocycles. The summed E-state index contributed by atoms with van der Waals surface area (Å²) in [4.78, 5) is 12.3. The third kappa shape index (κ3) is 4.28. The van der Waals surface area contributed by atoms with Crippen LogP contribution in [0.15, 0.2) is 29.1 Å². The SMILES string of the molecule is CCc1ccc(Nc2c(NS(=O)C(C)C)cc(C)c(=O)n2C)c(F)c1. The lowest BCUT2D eigenvalue weighted by Crippen LogP contribution is -2.24. The van der Waals surface area contributed by atoms with E-state index < -0.39 is 16.8 Å². The number of hydrogen-bond acceptors (Lipinski definition) is 3. The van der Waals surface area contributed by atoms with Crippen molar-refractivity contribution in [2.45, 2.75) is 39.4 Å². The van der Waals surface area contributed by atoms with Gasteiger partial charge in [-0.05, 0) is 51.0 Å². The van der Waals surface area contributed by atoms with Crippen molar-refractivity contribution in [3.05, 3.63) is 51.6 Å². The summed E-state index contributed by atoms with van der Waals surface area (Å²) in [5.74, 6) is -0.0314. The Hall–Kier alpha value is -2.15. The molecule has 7 heteroatoms. The average molecular weight is 365 g/mol. The summed E-state index contributed by atoms with van der Waals surface area (Å²) in [5.41, 5.74) is 1.95. The molecule has 1 aromatic heterocycles. The van der Waals surface area contributed by atoms with Gasteiger partial charge in [0.1, 0.15) is 22.6 Å². The van der Waals surface area contributed by atoms with Crippen molar-refractivity contribution >= 4 is 28.2 Å². The fourth-order valence-corrected chi connectivity index (χ4v) is 2.96. The lowest BCUT2D eigenvalue weighted by Gasteiger charge is -2.19. The van der Waals surface area contributed by atoms with Gasteiger partial charge in [-0.25, -0.2) is 8.60 Å². The van der Waals surface area contributed by atoms with Crippen molar-refractivity contribution in [3.8, 4) is 0 Å². The highest BCUT2D eigenvalue weighted by atomic mass is 32.2. The van der Waals surface area contributed by atoms with Crippen LogP contribution in [0.2, 0.25) is 0 Å². The highest BCUT2D eigenvalue weighted by molar-refractivity contribution is 7.86. The van der Waals surface area contributed by atoms with Crippen LogP contribution in [-0.4, -0.2) is 14.0 Å². The molecular formula is C18H24FN3O2S. The van der Waals surface area contributed by atoms with E-state index in [9.17, 15) is 13.4 Å². The molecule has 0 aliphatic heterocycles. The highest BCUT2D eigenvalue weighted by Gasteiger charge is 2.15. The van der Waals surface area contributed by atoms with E-state index in [0.29, 0.717) is 17.1 Å². The van der Waals surface area contributed by atoms with Crippen LogP contribution in [0.25, 0.3) is 0 Å². The topological polar surface area (TPSA) is 63.1 Å². The fraction of sp³-hybridized carbons (Fsp3) is 0.389. The maximum atomic E-state index is 14.3. The Balaban J connectivity index is 2.50. The molecule has 0 aliphatic carbocycles. The zero-order chi connectivity index (χ0) is 18.7. The fourth-order valence-electron chi connectivity index (χ4n) is 2.36. The summed E-state index contributed by atoms with van der Waals surface area (Å²) in [7, 11) is 0.273. The Morgan fingerprint density at radius 1 is 1.24 bits per heavy atom. The maximum absolute atomic E-state index is 14.3. The molecule has 2 N–H and O–H groups in total. The van der Waals surface area contributed by atoms with Gasteiger partial charge in [-0.1, -0.05) is 13.0 Å². The number of nitrogens with one attached hydrogen (secondary N) is 2. The summed E-state index contributed by atoms with van der Waals surface area (Å²) in [6.07, 6.45) is 0.737. The summed E-state index contributed by atoms with van der Waals surface area (Å²) < 4.78 is 30.8. The van der Waals surface area contributed by atoms with E-state index >= 15 is 0 Å². The van der Waals surface area contributed by atoms with E-state index in [1.165, 1.54) is 10.6 Å². The van der Waals surface area contributed by atoms with Gasteiger partial charge < -0.3 is 10.0 Å². The van der Waals surface area contributed by atoms with Gasteiger partial charge in [0.05, 0.1) is 11.4 Å². The summed E-state index contributed by atoms with van der Waals surface area (Å²) in [5, 5.41) is 2.86. The molecule has 2 aromatic rings. The van der Waals surface area contributed by atoms with Crippen LogP contribution in [0.5, 0.6) is 0 Å². The zero-order valence-electron chi connectivity index (χ0n) is 15.1. The number of rotatable bonds is 6. The monoisotopic (exact) mass is 365 g/mol. The first-order chi connectivity index (χ1) is 11.7. The van der Waals surface area contributed by atoms with Crippen LogP contribution in [0.4, 0.5) is 21.6 Å². The first kappa shape index (κ1) is 19.2. The third-order valence-electron chi connectivity index (χ3n) is 3.93. The van der Waals surface area contributed by atoms with Gasteiger partial charge in [0, 0.05) is 17.9 Å². The summed E-state index contributed by atoms with van der Waals surface area (Å²) in [6.45, 7) is 7.30. The van der Waals surface area contributed by atoms with Crippen LogP contribution >= 0.6 is 0 Å². The summed E-state index contributed by atoms with van der Waals surface area (Å²) >= 11 is 0. The van der Waals surface area contributed by atoms with Crippen LogP contribution in [0, 0.1) is 12.7 Å². The molecule has 0 spiro atoms. The molecular weight excluding hydrogens is 341 g/mol. The second-order valence-electron chi connectivity index (χ2n) is 6.19. The van der Waals surface area contributed by atoms with E-state index in [1.807, 2.05) is 26.8 Å². The van der Waals surface area contributed by atoms with E-state index in [4.69, 9.17) is 0 Å². The Bertz CT molecular complexity index is 862. The standard InChI is InChI=1S/C18H24FN3O2S/c1-6-13-7-8-15(14(19)10-13)20-17-16(21-25(24)11(2)3)9-12(4)18(23)22(17)5/h7-11,20-21H,6H2,1-5H3. The quantitative estimate of drug-likeness (QED) is 0.822. The van der Waals surface area contributed by atoms with Crippen LogP contribution < -0.4 is 15.6 Å². The number of halogens is 1. The van der Waals surface area contributed by atoms with E-state index in [0.717, 1.165) is 12.0 Å². The number of aromatic nitrogens is 1. The van der Waals surface area contributed by atoms with Gasteiger partial charge in [0.25, 0.3) is 5.56 Å². The van der Waals surface area contributed by atoms with E-state index in [-0.39, 0.29) is 16.5 Å². The van der Waals surface area contributed by atoms with Gasteiger partial charge in [-0.2, -0.15) is 0 Å². The van der Waals surface area contributed by atoms with Gasteiger partial charge in [0.2, 0.25) is 0 Å². The second kappa shape index (κ2) is 7.82. The number of aryl methyl sites for hydroxylation is 2. The van der Waals surface area contributed by atoms with Crippen LogP contribution in [0.3, 0.4) is 0 Å². The molecule has 0 amide bonds. The Kier molecular flexibility index (Phi) is 6.00. The normalized spacial score (nSPS) is 12.3. The number of anilines is 3. The van der Waals surface area contributed by atoms with Crippen molar-refractivity contribution < 1.29 is 8.60 Å². The second-order valence-corrected chi connectivity index (χ2v) is 7.94. The number of hydrogen-bond donors (Lipinski definition) is 2. The van der Waals surface area contributed by atoms with Gasteiger partial charge in [-0.3, -0.25) is 9.36 Å². The van der Waals surface area contributed by atoms with Crippen molar-refractivity contribution in [1.82, 2.24) is 4.57 Å². The van der Waals surface area contributed by atoms with Crippen molar-refractivity contribution in [2.24, 2.45) is 7.05 Å². The predicted octanol–water partition coefficient (Wildman–Crippen LogP) is 3.62. The first-order valence-electron chi connectivity index (χ1n) is 8.17. The average Bonchev–Trinajstić information content (AvgIpc) is 2.57. The van der Waals surface area contributed by atoms with Crippen molar-refractivity contribution in [2.75, 3.05) is 10.0 Å². The number of benzene rings is 1. The van der Waals surface area contributed by atoms with E-state index in [2.05, 4.69) is 10.0 Å². The van der Waals surface area contributed by atoms with Gasteiger partial charge in [0.15, 0.2) is 0 Å². The first-order valence-corrected chi connectivity index (χ1v) is 9.39. The Labute approximate surface area is 149 Å². The van der Waals surface area contributed by atoms with Gasteiger partial charge >= 0.3 is 0 Å². The molecule has 1 unspecified atom stereocenters. The molecule has 1 aromatic carbocycles. The molecule has 0 aliphatic rings. The molecule has 0 bridgehead atoms. The van der Waals surface area contributed by atoms with Crippen molar-refractivity contribution in [1.29, 1.82) is 0 Å². The minimum Gasteiger partial charge on any atom is -0.337 e. The smallest absolute Gasteiger partial charge is 0.254 e. The number of nitrogens with zero attached hydrogens (tertiary/aromatic N) is 1. The molecule has 5 nitrogen and oxygen atoms in total. The summed E-state index contributed by atoms with van der Waals surface area (Å²) in [6, 6.07) is 6.57. The van der Waals surface area contributed by atoms with Gasteiger partial charge in [-0.15, -0.1) is 0 Å². The predicted molar refractivity (Wildman–Crippen MR) is 102 cm³/mol. The lowest BCUT2D eigenvalue weighted by atomic mass is 10.1. The van der Waals surface area contributed by atoms with Crippen LogP contribution in [0.1, 0.15) is 31.9 Å². The molecule has 1 atom stereocenters. The Morgan fingerprint density at radius 2 is 1.92 bits per heavy atom. The zero-order valence-corrected chi connectivity index (χ0v) is 16.0. The third-order valence-corrected chi connectivity index (χ3v) is 5.20. The minimum atomic E-state index is -1.32. The molecule has 1 heterocycles. The molecule has 0 radical (unpaired) electrons. The molecule has 0 saturated carbocycles.